The van der Waals surface area contributed by atoms with Crippen LogP contribution in [0.1, 0.15) is 23.2 Å². The number of benzene rings is 2. The van der Waals surface area contributed by atoms with E-state index in [1.165, 1.54) is 11.0 Å². The summed E-state index contributed by atoms with van der Waals surface area (Å²) in [6.07, 6.45) is 1.14. The van der Waals surface area contributed by atoms with Gasteiger partial charge in [-0.3, -0.25) is 14.5 Å². The molecule has 1 atom stereocenters. The van der Waals surface area contributed by atoms with Gasteiger partial charge in [0.2, 0.25) is 5.91 Å². The Morgan fingerprint density at radius 3 is 2.82 bits per heavy atom. The van der Waals surface area contributed by atoms with E-state index in [0.717, 1.165) is 0 Å². The van der Waals surface area contributed by atoms with Crippen LogP contribution >= 0.6 is 0 Å². The summed E-state index contributed by atoms with van der Waals surface area (Å²) in [6, 6.07) is 7.31. The normalized spacial score (nSPS) is 20.7. The Morgan fingerprint density at radius 1 is 1.23 bits per heavy atom. The highest BCUT2D eigenvalue weighted by atomic mass is 19.1. The van der Waals surface area contributed by atoms with Crippen molar-refractivity contribution in [2.75, 3.05) is 4.90 Å². The first-order valence-electron chi connectivity index (χ1n) is 7.11. The van der Waals surface area contributed by atoms with Gasteiger partial charge in [-0.25, -0.2) is 4.39 Å². The third-order valence-electron chi connectivity index (χ3n) is 4.31. The average Bonchev–Trinajstić information content (AvgIpc) is 2.78. The molecule has 1 N–H and O–H groups in total. The molecule has 1 saturated heterocycles. The monoisotopic (exact) mass is 296 g/mol. The van der Waals surface area contributed by atoms with Crippen LogP contribution in [-0.2, 0) is 4.79 Å². The highest BCUT2D eigenvalue weighted by molar-refractivity contribution is 6.26. The Bertz CT molecular complexity index is 859. The number of rotatable bonds is 1. The van der Waals surface area contributed by atoms with E-state index in [-0.39, 0.29) is 17.6 Å². The third kappa shape index (κ3) is 1.62. The van der Waals surface area contributed by atoms with Gasteiger partial charge in [0.25, 0.3) is 5.91 Å². The van der Waals surface area contributed by atoms with Crippen LogP contribution in [0.2, 0.25) is 0 Å². The summed E-state index contributed by atoms with van der Waals surface area (Å²) in [6.45, 7) is 3.75. The van der Waals surface area contributed by atoms with Crippen LogP contribution in [-0.4, -0.2) is 17.9 Å². The quantitative estimate of drug-likeness (QED) is 0.879. The van der Waals surface area contributed by atoms with Crippen molar-refractivity contribution in [3.63, 3.8) is 0 Å². The lowest BCUT2D eigenvalue weighted by Crippen LogP contribution is -2.51. The summed E-state index contributed by atoms with van der Waals surface area (Å²) in [4.78, 5) is 26.4. The van der Waals surface area contributed by atoms with Crippen LogP contribution in [0.5, 0.6) is 0 Å². The molecule has 2 aliphatic rings. The van der Waals surface area contributed by atoms with Crippen molar-refractivity contribution in [2.45, 2.75) is 18.9 Å². The first kappa shape index (κ1) is 13.0. The molecule has 4 rings (SSSR count). The van der Waals surface area contributed by atoms with Gasteiger partial charge in [0, 0.05) is 22.0 Å². The van der Waals surface area contributed by atoms with Gasteiger partial charge in [-0.05, 0) is 31.0 Å². The fourth-order valence-corrected chi connectivity index (χ4v) is 3.29. The molecule has 0 aromatic heterocycles. The largest absolute Gasteiger partial charge is 0.329 e. The molecule has 1 fully saturated rings. The number of hydrogen-bond donors (Lipinski definition) is 1. The highest BCUT2D eigenvalue weighted by Crippen LogP contribution is 2.40. The highest BCUT2D eigenvalue weighted by Gasteiger charge is 2.39. The van der Waals surface area contributed by atoms with E-state index in [1.807, 2.05) is 0 Å². The Kier molecular flexibility index (Phi) is 2.60. The molecule has 0 radical (unpaired) electrons. The zero-order valence-electron chi connectivity index (χ0n) is 11.7. The Hall–Kier alpha value is -2.69. The lowest BCUT2D eigenvalue weighted by molar-refractivity contribution is -0.122. The number of halogens is 1. The predicted octanol–water partition coefficient (Wildman–Crippen LogP) is 2.73. The zero-order chi connectivity index (χ0) is 15.4. The van der Waals surface area contributed by atoms with Gasteiger partial charge in [-0.1, -0.05) is 18.7 Å². The van der Waals surface area contributed by atoms with Crippen LogP contribution in [0.15, 0.2) is 42.6 Å². The summed E-state index contributed by atoms with van der Waals surface area (Å²) < 4.78 is 14.0. The van der Waals surface area contributed by atoms with Gasteiger partial charge in [-0.2, -0.15) is 0 Å². The second-order valence-corrected chi connectivity index (χ2v) is 5.62. The number of piperidine rings is 1. The molecule has 0 saturated carbocycles. The van der Waals surface area contributed by atoms with E-state index in [4.69, 9.17) is 0 Å². The standard InChI is InChI=1S/C17H13FN2O2/c1-9-5-7-14(16(21)19-9)20-13-8-6-12(18)10-3-2-4-11(15(10)13)17(20)22/h2-4,6,8,14H,1,5,7H2,(H,19,21). The van der Waals surface area contributed by atoms with Crippen molar-refractivity contribution >= 4 is 28.3 Å². The minimum absolute atomic E-state index is 0.241. The summed E-state index contributed by atoms with van der Waals surface area (Å²) in [5, 5.41) is 3.69. The molecule has 2 aromatic carbocycles. The number of amides is 2. The fraction of sp³-hybridized carbons (Fsp3) is 0.176. The zero-order valence-corrected chi connectivity index (χ0v) is 11.7. The van der Waals surface area contributed by atoms with Crippen LogP contribution in [0.4, 0.5) is 10.1 Å². The molecule has 0 aliphatic carbocycles. The first-order chi connectivity index (χ1) is 10.6. The van der Waals surface area contributed by atoms with Crippen molar-refractivity contribution in [1.29, 1.82) is 0 Å². The van der Waals surface area contributed by atoms with E-state index in [9.17, 15) is 14.0 Å². The topological polar surface area (TPSA) is 49.4 Å². The molecule has 0 spiro atoms. The van der Waals surface area contributed by atoms with Crippen LogP contribution in [0.25, 0.3) is 10.8 Å². The van der Waals surface area contributed by atoms with Crippen LogP contribution < -0.4 is 10.2 Å². The Morgan fingerprint density at radius 2 is 2.05 bits per heavy atom. The molecule has 110 valence electrons. The van der Waals surface area contributed by atoms with E-state index in [1.54, 1.807) is 24.3 Å². The van der Waals surface area contributed by atoms with E-state index < -0.39 is 6.04 Å². The number of hydrogen-bond acceptors (Lipinski definition) is 2. The molecule has 2 amide bonds. The minimum atomic E-state index is -0.584. The molecule has 2 heterocycles. The van der Waals surface area contributed by atoms with Gasteiger partial charge in [0.15, 0.2) is 0 Å². The molecule has 22 heavy (non-hydrogen) atoms. The maximum absolute atomic E-state index is 14.0. The van der Waals surface area contributed by atoms with Crippen molar-refractivity contribution in [3.8, 4) is 0 Å². The molecular formula is C17H13FN2O2. The first-order valence-corrected chi connectivity index (χ1v) is 7.11. The minimum Gasteiger partial charge on any atom is -0.329 e. The number of allylic oxidation sites excluding steroid dienone is 1. The van der Waals surface area contributed by atoms with E-state index in [0.29, 0.717) is 40.6 Å². The van der Waals surface area contributed by atoms with Gasteiger partial charge in [-0.15, -0.1) is 0 Å². The maximum atomic E-state index is 14.0. The second-order valence-electron chi connectivity index (χ2n) is 5.62. The van der Waals surface area contributed by atoms with Gasteiger partial charge >= 0.3 is 0 Å². The molecule has 2 aliphatic heterocycles. The number of anilines is 1. The fourth-order valence-electron chi connectivity index (χ4n) is 3.29. The number of nitrogens with zero attached hydrogens (tertiary/aromatic N) is 1. The molecule has 1 unspecified atom stereocenters. The Balaban J connectivity index is 1.89. The summed E-state index contributed by atoms with van der Waals surface area (Å²) in [5.74, 6) is -0.856. The van der Waals surface area contributed by atoms with E-state index in [2.05, 4.69) is 11.9 Å². The van der Waals surface area contributed by atoms with Crippen molar-refractivity contribution in [2.24, 2.45) is 0 Å². The smallest absolute Gasteiger partial charge is 0.259 e. The van der Waals surface area contributed by atoms with Crippen molar-refractivity contribution in [3.05, 3.63) is 54.0 Å². The molecule has 2 aromatic rings. The van der Waals surface area contributed by atoms with Crippen LogP contribution in [0, 0.1) is 5.82 Å². The van der Waals surface area contributed by atoms with Gasteiger partial charge in [0.05, 0.1) is 5.69 Å². The molecule has 4 nitrogen and oxygen atoms in total. The number of carbonyl (C=O) groups is 2. The summed E-state index contributed by atoms with van der Waals surface area (Å²) in [7, 11) is 0. The van der Waals surface area contributed by atoms with E-state index >= 15 is 0 Å². The Labute approximate surface area is 126 Å². The average molecular weight is 296 g/mol. The second kappa shape index (κ2) is 4.40. The van der Waals surface area contributed by atoms with Gasteiger partial charge in [0.1, 0.15) is 11.9 Å². The van der Waals surface area contributed by atoms with Gasteiger partial charge < -0.3 is 5.32 Å². The van der Waals surface area contributed by atoms with Crippen molar-refractivity contribution < 1.29 is 14.0 Å². The lowest BCUT2D eigenvalue weighted by atomic mass is 10.0. The maximum Gasteiger partial charge on any atom is 0.259 e. The molecule has 5 heteroatoms. The lowest BCUT2D eigenvalue weighted by Gasteiger charge is -2.31. The summed E-state index contributed by atoms with van der Waals surface area (Å²) in [5.41, 5.74) is 1.71. The molecule has 0 bridgehead atoms. The third-order valence-corrected chi connectivity index (χ3v) is 4.31. The molecular weight excluding hydrogens is 283 g/mol. The van der Waals surface area contributed by atoms with Crippen LogP contribution in [0.3, 0.4) is 0 Å². The SMILES string of the molecule is C=C1CCC(N2C(=O)c3cccc4c(F)ccc2c34)C(=O)N1. The van der Waals surface area contributed by atoms with Crippen molar-refractivity contribution in [1.82, 2.24) is 5.32 Å². The number of carbonyl (C=O) groups excluding carboxylic acids is 2. The predicted molar refractivity (Wildman–Crippen MR) is 81.0 cm³/mol. The summed E-state index contributed by atoms with van der Waals surface area (Å²) >= 11 is 0. The number of nitrogens with one attached hydrogen (secondary N) is 1.